The molecule has 0 aromatic heterocycles. The van der Waals surface area contributed by atoms with Crippen molar-refractivity contribution in [1.29, 1.82) is 0 Å². The lowest BCUT2D eigenvalue weighted by atomic mass is 9.75. The molecule has 0 radical (unpaired) electrons. The van der Waals surface area contributed by atoms with E-state index >= 15 is 4.39 Å². The number of hydrogen-bond acceptors (Lipinski definition) is 3. The second-order valence-electron chi connectivity index (χ2n) is 11.8. The molecule has 5 heteroatoms. The van der Waals surface area contributed by atoms with Gasteiger partial charge in [-0.25, -0.2) is 4.39 Å². The summed E-state index contributed by atoms with van der Waals surface area (Å²) in [5, 5.41) is 9.40. The molecule has 5 rings (SSSR count). The lowest BCUT2D eigenvalue weighted by Gasteiger charge is -2.30. The Morgan fingerprint density at radius 1 is 1.00 bits per heavy atom. The number of ether oxygens (including phenoxy) is 2. The minimum atomic E-state index is -0.760. The molecule has 4 nitrogen and oxygen atoms in total. The van der Waals surface area contributed by atoms with Crippen LogP contribution in [0, 0.1) is 17.2 Å². The highest BCUT2D eigenvalue weighted by molar-refractivity contribution is 5.71. The average molecular weight is 531 g/mol. The maximum absolute atomic E-state index is 15.2. The smallest absolute Gasteiger partial charge is 0.303 e. The van der Waals surface area contributed by atoms with Gasteiger partial charge < -0.3 is 14.6 Å². The van der Waals surface area contributed by atoms with Gasteiger partial charge in [0.15, 0.2) is 0 Å². The van der Waals surface area contributed by atoms with Crippen LogP contribution < -0.4 is 9.47 Å². The molecule has 0 aliphatic heterocycles. The summed E-state index contributed by atoms with van der Waals surface area (Å²) in [6.07, 6.45) is 5.70. The predicted molar refractivity (Wildman–Crippen MR) is 152 cm³/mol. The fourth-order valence-corrected chi connectivity index (χ4v) is 6.35. The van der Waals surface area contributed by atoms with E-state index in [9.17, 15) is 9.90 Å². The molecule has 0 saturated heterocycles. The van der Waals surface area contributed by atoms with E-state index in [1.807, 2.05) is 49.4 Å². The highest BCUT2D eigenvalue weighted by Crippen LogP contribution is 2.51. The summed E-state index contributed by atoms with van der Waals surface area (Å²) in [6.45, 7) is 7.46. The van der Waals surface area contributed by atoms with Crippen molar-refractivity contribution in [2.24, 2.45) is 11.3 Å². The summed E-state index contributed by atoms with van der Waals surface area (Å²) in [7, 11) is 0. The van der Waals surface area contributed by atoms with E-state index in [1.165, 1.54) is 6.07 Å². The molecule has 2 aliphatic carbocycles. The van der Waals surface area contributed by atoms with Gasteiger partial charge in [-0.15, -0.1) is 0 Å². The first-order valence-corrected chi connectivity index (χ1v) is 14.2. The maximum Gasteiger partial charge on any atom is 0.303 e. The summed E-state index contributed by atoms with van der Waals surface area (Å²) in [5.74, 6) is 1.20. The fourth-order valence-electron chi connectivity index (χ4n) is 6.35. The van der Waals surface area contributed by atoms with Gasteiger partial charge >= 0.3 is 5.97 Å². The third-order valence-electron chi connectivity index (χ3n) is 8.56. The van der Waals surface area contributed by atoms with Crippen LogP contribution in [0.5, 0.6) is 11.5 Å². The van der Waals surface area contributed by atoms with Crippen LogP contribution in [0.3, 0.4) is 0 Å². The highest BCUT2D eigenvalue weighted by atomic mass is 19.1. The Kier molecular flexibility index (Phi) is 7.97. The van der Waals surface area contributed by atoms with E-state index in [4.69, 9.17) is 9.47 Å². The van der Waals surface area contributed by atoms with Crippen LogP contribution in [0.25, 0.3) is 11.1 Å². The Bertz CT molecular complexity index is 1330. The largest absolute Gasteiger partial charge is 0.494 e. The lowest BCUT2D eigenvalue weighted by molar-refractivity contribution is -0.137. The summed E-state index contributed by atoms with van der Waals surface area (Å²) in [4.78, 5) is 11.4. The standard InChI is InChI=1S/C34H39FO4/c1-4-38-26-13-15-32(35)30(19-26)27-14-10-22(17-29(27)31-9-6-16-34(31,2)3)21-39-25-8-5-7-24(18-25)28(20-33(36)37)23-11-12-23/h5,7-8,10,13-15,17-19,23,28,31H,4,6,9,11-12,16,20-21H2,1-3H3,(H,36,37)/t28-,31+/m0/s1. The molecule has 2 aliphatic rings. The number of benzene rings is 3. The van der Waals surface area contributed by atoms with Gasteiger partial charge in [-0.1, -0.05) is 50.6 Å². The van der Waals surface area contributed by atoms with Crippen molar-refractivity contribution in [2.75, 3.05) is 6.61 Å². The molecule has 2 atom stereocenters. The number of halogens is 1. The second-order valence-corrected chi connectivity index (χ2v) is 11.8. The molecule has 3 aromatic rings. The van der Waals surface area contributed by atoms with Crippen LogP contribution in [-0.2, 0) is 11.4 Å². The molecule has 0 spiro atoms. The van der Waals surface area contributed by atoms with Crippen LogP contribution in [0.2, 0.25) is 0 Å². The van der Waals surface area contributed by atoms with Crippen LogP contribution in [-0.4, -0.2) is 17.7 Å². The van der Waals surface area contributed by atoms with E-state index in [0.29, 0.717) is 36.4 Å². The highest BCUT2D eigenvalue weighted by Gasteiger charge is 2.37. The first-order chi connectivity index (χ1) is 18.7. The fraction of sp³-hybridized carbons (Fsp3) is 0.441. The molecule has 1 N–H and O–H groups in total. The Labute approximate surface area is 231 Å². The zero-order valence-electron chi connectivity index (χ0n) is 23.2. The number of carboxylic acid groups (broad SMARTS) is 1. The van der Waals surface area contributed by atoms with E-state index in [2.05, 4.69) is 19.9 Å². The predicted octanol–water partition coefficient (Wildman–Crippen LogP) is 8.73. The van der Waals surface area contributed by atoms with Crippen molar-refractivity contribution in [3.63, 3.8) is 0 Å². The van der Waals surface area contributed by atoms with Crippen molar-refractivity contribution in [3.8, 4) is 22.6 Å². The van der Waals surface area contributed by atoms with Crippen molar-refractivity contribution in [1.82, 2.24) is 0 Å². The first-order valence-electron chi connectivity index (χ1n) is 14.2. The molecule has 2 fully saturated rings. The maximum atomic E-state index is 15.2. The molecule has 0 bridgehead atoms. The van der Waals surface area contributed by atoms with Gasteiger partial charge in [-0.2, -0.15) is 0 Å². The van der Waals surface area contributed by atoms with E-state index in [1.54, 1.807) is 6.07 Å². The molecule has 0 unspecified atom stereocenters. The Balaban J connectivity index is 1.43. The monoisotopic (exact) mass is 530 g/mol. The normalized spacial score (nSPS) is 19.0. The third kappa shape index (κ3) is 6.29. The molecule has 39 heavy (non-hydrogen) atoms. The molecule has 3 aromatic carbocycles. The first kappa shape index (κ1) is 27.2. The number of carboxylic acids is 1. The van der Waals surface area contributed by atoms with Gasteiger partial charge in [0.2, 0.25) is 0 Å². The number of aliphatic carboxylic acids is 1. The van der Waals surface area contributed by atoms with Crippen molar-refractivity contribution < 1.29 is 23.8 Å². The number of rotatable bonds is 11. The zero-order valence-corrected chi connectivity index (χ0v) is 23.2. The van der Waals surface area contributed by atoms with Gasteiger partial charge in [0.1, 0.15) is 23.9 Å². The molecule has 0 heterocycles. The molecular weight excluding hydrogens is 491 g/mol. The Hall–Kier alpha value is -3.34. The van der Waals surface area contributed by atoms with E-state index in [0.717, 1.165) is 60.1 Å². The summed E-state index contributed by atoms with van der Waals surface area (Å²) >= 11 is 0. The lowest BCUT2D eigenvalue weighted by Crippen LogP contribution is -2.17. The SMILES string of the molecule is CCOc1ccc(F)c(-c2ccc(COc3cccc([C@@H](CC(=O)O)C4CC4)c3)cc2[C@H]2CCCC2(C)C)c1. The van der Waals surface area contributed by atoms with E-state index < -0.39 is 5.97 Å². The zero-order chi connectivity index (χ0) is 27.6. The van der Waals surface area contributed by atoms with Gasteiger partial charge in [0.25, 0.3) is 0 Å². The molecule has 0 amide bonds. The topological polar surface area (TPSA) is 55.8 Å². The Morgan fingerprint density at radius 2 is 1.79 bits per heavy atom. The Morgan fingerprint density at radius 3 is 2.49 bits per heavy atom. The van der Waals surface area contributed by atoms with Gasteiger partial charge in [-0.3, -0.25) is 4.79 Å². The second kappa shape index (κ2) is 11.4. The van der Waals surface area contributed by atoms with Gasteiger partial charge in [0.05, 0.1) is 13.0 Å². The third-order valence-corrected chi connectivity index (χ3v) is 8.56. The van der Waals surface area contributed by atoms with Gasteiger partial charge in [-0.05, 0) is 108 Å². The van der Waals surface area contributed by atoms with Crippen LogP contribution in [0.1, 0.15) is 87.8 Å². The van der Waals surface area contributed by atoms with Crippen molar-refractivity contribution in [3.05, 3.63) is 83.2 Å². The van der Waals surface area contributed by atoms with Crippen LogP contribution >= 0.6 is 0 Å². The summed E-state index contributed by atoms with van der Waals surface area (Å²) in [5.41, 5.74) is 4.84. The molecule has 2 saturated carbocycles. The van der Waals surface area contributed by atoms with Crippen LogP contribution in [0.15, 0.2) is 60.7 Å². The average Bonchev–Trinajstić information content (AvgIpc) is 3.69. The van der Waals surface area contributed by atoms with Crippen molar-refractivity contribution >= 4 is 5.97 Å². The summed E-state index contributed by atoms with van der Waals surface area (Å²) in [6, 6.07) is 19.1. The summed E-state index contributed by atoms with van der Waals surface area (Å²) < 4.78 is 27.1. The minimum absolute atomic E-state index is 0.0314. The van der Waals surface area contributed by atoms with Gasteiger partial charge in [0, 0.05) is 5.56 Å². The number of carbonyl (C=O) groups is 1. The quantitative estimate of drug-likeness (QED) is 0.269. The van der Waals surface area contributed by atoms with E-state index in [-0.39, 0.29) is 23.6 Å². The van der Waals surface area contributed by atoms with Crippen molar-refractivity contribution in [2.45, 2.75) is 77.7 Å². The van der Waals surface area contributed by atoms with Crippen LogP contribution in [0.4, 0.5) is 4.39 Å². The minimum Gasteiger partial charge on any atom is -0.494 e. The molecular formula is C34H39FO4. The number of hydrogen-bond donors (Lipinski definition) is 1. The molecule has 206 valence electrons.